The van der Waals surface area contributed by atoms with Crippen LogP contribution in [-0.4, -0.2) is 15.9 Å². The van der Waals surface area contributed by atoms with Crippen molar-refractivity contribution < 1.29 is 4.92 Å². The van der Waals surface area contributed by atoms with E-state index in [1.165, 1.54) is 25.5 Å². The molecule has 1 fully saturated rings. The summed E-state index contributed by atoms with van der Waals surface area (Å²) in [6.07, 6.45) is 6.20. The first-order valence-electron chi connectivity index (χ1n) is 6.56. The Hall–Kier alpha value is -1.17. The molecule has 0 aliphatic heterocycles. The van der Waals surface area contributed by atoms with Crippen molar-refractivity contribution in [2.45, 2.75) is 45.6 Å². The van der Waals surface area contributed by atoms with Crippen molar-refractivity contribution in [3.05, 3.63) is 26.3 Å². The first-order chi connectivity index (χ1) is 9.00. The standard InChI is InChI=1S/C13H18BrN3O2/c1-8-5-3-4-6-10(8)16-13-12(14)9(2)11(7-15-13)17(18)19/h7-8,10H,3-6H2,1-2H3,(H,15,16). The van der Waals surface area contributed by atoms with Crippen LogP contribution in [-0.2, 0) is 0 Å². The van der Waals surface area contributed by atoms with Gasteiger partial charge in [-0.1, -0.05) is 19.8 Å². The summed E-state index contributed by atoms with van der Waals surface area (Å²) in [5.41, 5.74) is 0.667. The molecule has 1 aliphatic carbocycles. The van der Waals surface area contributed by atoms with Crippen molar-refractivity contribution in [2.75, 3.05) is 5.32 Å². The third-order valence-electron chi connectivity index (χ3n) is 3.87. The summed E-state index contributed by atoms with van der Waals surface area (Å²) in [4.78, 5) is 14.6. The van der Waals surface area contributed by atoms with Gasteiger partial charge in [0.25, 0.3) is 5.69 Å². The SMILES string of the molecule is Cc1c([N+](=O)[O-])cnc(NC2CCCCC2C)c1Br. The lowest BCUT2D eigenvalue weighted by Crippen LogP contribution is -2.30. The zero-order valence-corrected chi connectivity index (χ0v) is 12.7. The summed E-state index contributed by atoms with van der Waals surface area (Å²) >= 11 is 3.42. The van der Waals surface area contributed by atoms with Gasteiger partial charge in [-0.2, -0.15) is 0 Å². The Balaban J connectivity index is 2.21. The molecule has 19 heavy (non-hydrogen) atoms. The Kier molecular flexibility index (Phi) is 4.39. The van der Waals surface area contributed by atoms with E-state index < -0.39 is 4.92 Å². The van der Waals surface area contributed by atoms with Crippen LogP contribution in [0.3, 0.4) is 0 Å². The first kappa shape index (κ1) is 14.2. The Morgan fingerprint density at radius 1 is 1.47 bits per heavy atom. The predicted molar refractivity (Wildman–Crippen MR) is 78.4 cm³/mol. The van der Waals surface area contributed by atoms with E-state index in [9.17, 15) is 10.1 Å². The lowest BCUT2D eigenvalue weighted by atomic mass is 9.86. The molecule has 1 N–H and O–H groups in total. The van der Waals surface area contributed by atoms with Crippen LogP contribution in [0.25, 0.3) is 0 Å². The summed E-state index contributed by atoms with van der Waals surface area (Å²) in [6, 6.07) is 0.401. The molecule has 104 valence electrons. The minimum Gasteiger partial charge on any atom is -0.366 e. The molecule has 0 bridgehead atoms. The Bertz CT molecular complexity index is 493. The third kappa shape index (κ3) is 3.05. The van der Waals surface area contributed by atoms with Crippen LogP contribution in [0.4, 0.5) is 11.5 Å². The molecule has 0 amide bonds. The number of halogens is 1. The zero-order valence-electron chi connectivity index (χ0n) is 11.1. The van der Waals surface area contributed by atoms with Gasteiger partial charge >= 0.3 is 0 Å². The van der Waals surface area contributed by atoms with E-state index in [4.69, 9.17) is 0 Å². The fourth-order valence-electron chi connectivity index (χ4n) is 2.56. The topological polar surface area (TPSA) is 68.1 Å². The molecular formula is C13H18BrN3O2. The van der Waals surface area contributed by atoms with Gasteiger partial charge in [0, 0.05) is 11.6 Å². The number of nitrogens with zero attached hydrogens (tertiary/aromatic N) is 2. The van der Waals surface area contributed by atoms with E-state index in [-0.39, 0.29) is 5.69 Å². The molecule has 1 saturated carbocycles. The van der Waals surface area contributed by atoms with Gasteiger partial charge in [-0.25, -0.2) is 4.98 Å². The number of aromatic nitrogens is 1. The van der Waals surface area contributed by atoms with Gasteiger partial charge in [-0.05, 0) is 41.6 Å². The molecule has 5 nitrogen and oxygen atoms in total. The van der Waals surface area contributed by atoms with Gasteiger partial charge in [0.15, 0.2) is 0 Å². The van der Waals surface area contributed by atoms with Crippen molar-refractivity contribution >= 4 is 27.4 Å². The van der Waals surface area contributed by atoms with Crippen molar-refractivity contribution in [3.8, 4) is 0 Å². The average molecular weight is 328 g/mol. The highest BCUT2D eigenvalue weighted by Crippen LogP contribution is 2.33. The second kappa shape index (κ2) is 5.86. The van der Waals surface area contributed by atoms with Gasteiger partial charge in [0.1, 0.15) is 12.0 Å². The minimum atomic E-state index is -0.403. The number of anilines is 1. The zero-order chi connectivity index (χ0) is 14.0. The maximum atomic E-state index is 10.9. The van der Waals surface area contributed by atoms with Crippen LogP contribution in [0.15, 0.2) is 10.7 Å². The van der Waals surface area contributed by atoms with E-state index in [1.807, 2.05) is 0 Å². The Morgan fingerprint density at radius 3 is 2.79 bits per heavy atom. The fraction of sp³-hybridized carbons (Fsp3) is 0.615. The summed E-state index contributed by atoms with van der Waals surface area (Å²) in [5.74, 6) is 1.32. The number of rotatable bonds is 3. The molecule has 2 rings (SSSR count). The van der Waals surface area contributed by atoms with Gasteiger partial charge in [0.2, 0.25) is 0 Å². The van der Waals surface area contributed by atoms with E-state index >= 15 is 0 Å². The van der Waals surface area contributed by atoms with E-state index in [2.05, 4.69) is 33.2 Å². The highest BCUT2D eigenvalue weighted by Gasteiger charge is 2.24. The molecule has 1 aromatic heterocycles. The first-order valence-corrected chi connectivity index (χ1v) is 7.36. The maximum absolute atomic E-state index is 10.9. The highest BCUT2D eigenvalue weighted by molar-refractivity contribution is 9.10. The minimum absolute atomic E-state index is 0.0501. The van der Waals surface area contributed by atoms with Crippen LogP contribution >= 0.6 is 15.9 Å². The maximum Gasteiger partial charge on any atom is 0.291 e. The molecule has 0 aromatic carbocycles. The molecule has 1 aliphatic rings. The highest BCUT2D eigenvalue weighted by atomic mass is 79.9. The fourth-order valence-corrected chi connectivity index (χ4v) is 2.98. The predicted octanol–water partition coefficient (Wildman–Crippen LogP) is 4.05. The van der Waals surface area contributed by atoms with Gasteiger partial charge in [-0.15, -0.1) is 0 Å². The quantitative estimate of drug-likeness (QED) is 0.671. The molecule has 1 heterocycles. The van der Waals surface area contributed by atoms with Gasteiger partial charge in [0.05, 0.1) is 9.40 Å². The van der Waals surface area contributed by atoms with Crippen molar-refractivity contribution in [1.82, 2.24) is 4.98 Å². The summed E-state index contributed by atoms with van der Waals surface area (Å²) < 4.78 is 0.694. The van der Waals surface area contributed by atoms with Gasteiger partial charge in [-0.3, -0.25) is 10.1 Å². The number of hydrogen-bond acceptors (Lipinski definition) is 4. The largest absolute Gasteiger partial charge is 0.366 e. The summed E-state index contributed by atoms with van der Waals surface area (Å²) in [5, 5.41) is 14.3. The lowest BCUT2D eigenvalue weighted by molar-refractivity contribution is -0.385. The summed E-state index contributed by atoms with van der Waals surface area (Å²) in [6.45, 7) is 3.97. The number of pyridine rings is 1. The van der Waals surface area contributed by atoms with E-state index in [1.54, 1.807) is 6.92 Å². The molecule has 0 saturated heterocycles. The van der Waals surface area contributed by atoms with Crippen molar-refractivity contribution in [2.24, 2.45) is 5.92 Å². The third-order valence-corrected chi connectivity index (χ3v) is 4.84. The second-order valence-electron chi connectivity index (χ2n) is 5.20. The number of nitro groups is 1. The molecule has 0 radical (unpaired) electrons. The molecular weight excluding hydrogens is 310 g/mol. The lowest BCUT2D eigenvalue weighted by Gasteiger charge is -2.30. The molecule has 2 atom stereocenters. The Morgan fingerprint density at radius 2 is 2.16 bits per heavy atom. The van der Waals surface area contributed by atoms with Crippen LogP contribution in [0, 0.1) is 23.0 Å². The van der Waals surface area contributed by atoms with Gasteiger partial charge < -0.3 is 5.32 Å². The van der Waals surface area contributed by atoms with Crippen LogP contribution in [0.5, 0.6) is 0 Å². The normalized spacial score (nSPS) is 23.1. The molecule has 1 aromatic rings. The monoisotopic (exact) mass is 327 g/mol. The van der Waals surface area contributed by atoms with Crippen molar-refractivity contribution in [1.29, 1.82) is 0 Å². The van der Waals surface area contributed by atoms with Crippen LogP contribution in [0.1, 0.15) is 38.2 Å². The average Bonchev–Trinajstić information content (AvgIpc) is 2.37. The molecule has 0 spiro atoms. The Labute approximate surface area is 121 Å². The van der Waals surface area contributed by atoms with Crippen LogP contribution < -0.4 is 5.32 Å². The van der Waals surface area contributed by atoms with E-state index in [0.717, 1.165) is 6.42 Å². The van der Waals surface area contributed by atoms with E-state index in [0.29, 0.717) is 27.8 Å². The second-order valence-corrected chi connectivity index (χ2v) is 5.99. The number of nitrogens with one attached hydrogen (secondary N) is 1. The molecule has 6 heteroatoms. The van der Waals surface area contributed by atoms with Crippen molar-refractivity contribution in [3.63, 3.8) is 0 Å². The number of hydrogen-bond donors (Lipinski definition) is 1. The van der Waals surface area contributed by atoms with Crippen LogP contribution in [0.2, 0.25) is 0 Å². The smallest absolute Gasteiger partial charge is 0.291 e. The molecule has 2 unspecified atom stereocenters. The summed E-state index contributed by atoms with van der Waals surface area (Å²) in [7, 11) is 0.